The first-order valence-corrected chi connectivity index (χ1v) is 11.6. The minimum atomic E-state index is -0.668. The molecule has 0 bridgehead atoms. The molecule has 8 heteroatoms. The van der Waals surface area contributed by atoms with Crippen molar-refractivity contribution in [2.75, 3.05) is 18.5 Å². The molecule has 0 aromatic heterocycles. The first kappa shape index (κ1) is 24.5. The molecule has 0 aliphatic carbocycles. The molecule has 0 unspecified atom stereocenters. The normalized spacial score (nSPS) is 12.6. The van der Waals surface area contributed by atoms with Crippen molar-refractivity contribution in [1.82, 2.24) is 5.01 Å². The number of ketones is 1. The zero-order valence-corrected chi connectivity index (χ0v) is 19.6. The maximum atomic E-state index is 12.8. The van der Waals surface area contributed by atoms with Crippen LogP contribution in [0.15, 0.2) is 90.0 Å². The van der Waals surface area contributed by atoms with Crippen LogP contribution >= 0.6 is 0 Å². The van der Waals surface area contributed by atoms with E-state index < -0.39 is 18.5 Å². The zero-order chi connectivity index (χ0) is 25.3. The molecule has 3 aromatic carbocycles. The number of esters is 1. The summed E-state index contributed by atoms with van der Waals surface area (Å²) in [4.78, 5) is 49.7. The van der Waals surface area contributed by atoms with E-state index in [1.165, 1.54) is 5.01 Å². The van der Waals surface area contributed by atoms with Crippen LogP contribution in [0.3, 0.4) is 0 Å². The maximum Gasteiger partial charge on any atom is 0.306 e. The molecule has 1 heterocycles. The van der Waals surface area contributed by atoms with Crippen LogP contribution in [-0.4, -0.2) is 47.4 Å². The number of amides is 2. The van der Waals surface area contributed by atoms with Crippen molar-refractivity contribution in [3.8, 4) is 0 Å². The van der Waals surface area contributed by atoms with Gasteiger partial charge in [-0.1, -0.05) is 72.8 Å². The van der Waals surface area contributed by atoms with Crippen LogP contribution in [0.25, 0.3) is 0 Å². The van der Waals surface area contributed by atoms with E-state index in [1.807, 2.05) is 36.4 Å². The molecule has 3 aromatic rings. The molecule has 1 aliphatic heterocycles. The lowest BCUT2D eigenvalue weighted by Gasteiger charge is -2.12. The number of benzene rings is 3. The third-order valence-corrected chi connectivity index (χ3v) is 5.59. The predicted molar refractivity (Wildman–Crippen MR) is 134 cm³/mol. The van der Waals surface area contributed by atoms with E-state index in [0.717, 1.165) is 11.3 Å². The molecule has 0 fully saturated rings. The van der Waals surface area contributed by atoms with Crippen molar-refractivity contribution in [3.63, 3.8) is 0 Å². The lowest BCUT2D eigenvalue weighted by Crippen LogP contribution is -2.25. The smallest absolute Gasteiger partial charge is 0.306 e. The largest absolute Gasteiger partial charge is 0.456 e. The summed E-state index contributed by atoms with van der Waals surface area (Å²) in [5.41, 5.74) is 2.94. The van der Waals surface area contributed by atoms with Crippen LogP contribution in [0.4, 0.5) is 5.69 Å². The van der Waals surface area contributed by atoms with Gasteiger partial charge >= 0.3 is 5.97 Å². The zero-order valence-electron chi connectivity index (χ0n) is 19.6. The first-order chi connectivity index (χ1) is 17.5. The van der Waals surface area contributed by atoms with Gasteiger partial charge in [0.1, 0.15) is 0 Å². The summed E-state index contributed by atoms with van der Waals surface area (Å²) < 4.78 is 5.02. The van der Waals surface area contributed by atoms with E-state index in [9.17, 15) is 19.2 Å². The van der Waals surface area contributed by atoms with Crippen LogP contribution in [0, 0.1) is 0 Å². The predicted octanol–water partition coefficient (Wildman–Crippen LogP) is 3.82. The number of rotatable bonds is 9. The quantitative estimate of drug-likeness (QED) is 0.368. The number of nitrogens with one attached hydrogen (secondary N) is 1. The molecule has 1 N–H and O–H groups in total. The van der Waals surface area contributed by atoms with Crippen molar-refractivity contribution in [2.45, 2.75) is 19.3 Å². The average molecular weight is 484 g/mol. The lowest BCUT2D eigenvalue weighted by molar-refractivity contribution is -0.148. The fraction of sp³-hybridized carbons (Fsp3) is 0.179. The Kier molecular flexibility index (Phi) is 7.97. The minimum Gasteiger partial charge on any atom is -0.456 e. The highest BCUT2D eigenvalue weighted by Gasteiger charge is 2.22. The van der Waals surface area contributed by atoms with Gasteiger partial charge < -0.3 is 10.1 Å². The molecule has 8 nitrogen and oxygen atoms in total. The van der Waals surface area contributed by atoms with E-state index in [-0.39, 0.29) is 24.5 Å². The second-order valence-corrected chi connectivity index (χ2v) is 8.13. The molecule has 0 radical (unpaired) electrons. The van der Waals surface area contributed by atoms with Crippen molar-refractivity contribution in [2.24, 2.45) is 5.10 Å². The Hall–Kier alpha value is -4.59. The molecule has 0 atom stereocenters. The van der Waals surface area contributed by atoms with E-state index >= 15 is 0 Å². The summed E-state index contributed by atoms with van der Waals surface area (Å²) in [6.45, 7) is -0.0669. The number of ether oxygens (including phenoxy) is 1. The van der Waals surface area contributed by atoms with Gasteiger partial charge in [-0.2, -0.15) is 5.10 Å². The lowest BCUT2D eigenvalue weighted by atomic mass is 10.0. The number of anilines is 1. The van der Waals surface area contributed by atoms with Gasteiger partial charge in [0.15, 0.2) is 12.4 Å². The molecule has 2 amide bonds. The van der Waals surface area contributed by atoms with Gasteiger partial charge in [-0.15, -0.1) is 0 Å². The second kappa shape index (κ2) is 11.7. The third-order valence-electron chi connectivity index (χ3n) is 5.59. The van der Waals surface area contributed by atoms with Gasteiger partial charge in [-0.25, -0.2) is 5.01 Å². The summed E-state index contributed by atoms with van der Waals surface area (Å²) in [7, 11) is 0. The summed E-state index contributed by atoms with van der Waals surface area (Å²) >= 11 is 0. The molecule has 0 spiro atoms. The molecule has 182 valence electrons. The van der Waals surface area contributed by atoms with Gasteiger partial charge in [-0.3, -0.25) is 19.2 Å². The van der Waals surface area contributed by atoms with Gasteiger partial charge in [0.05, 0.1) is 24.4 Å². The van der Waals surface area contributed by atoms with Crippen LogP contribution in [-0.2, 0) is 19.1 Å². The molecular weight excluding hydrogens is 458 g/mol. The van der Waals surface area contributed by atoms with Gasteiger partial charge in [-0.05, 0) is 17.7 Å². The molecule has 1 aliphatic rings. The summed E-state index contributed by atoms with van der Waals surface area (Å²) in [5.74, 6) is -1.77. The van der Waals surface area contributed by atoms with Crippen LogP contribution in [0.1, 0.15) is 40.7 Å². The number of carbonyl (C=O) groups excluding carboxylic acids is 4. The monoisotopic (exact) mass is 483 g/mol. The highest BCUT2D eigenvalue weighted by atomic mass is 16.5. The Morgan fingerprint density at radius 3 is 2.25 bits per heavy atom. The minimum absolute atomic E-state index is 0.0690. The molecule has 36 heavy (non-hydrogen) atoms. The molecule has 0 saturated heterocycles. The molecule has 4 rings (SSSR count). The molecular formula is C28H25N3O5. The van der Waals surface area contributed by atoms with Gasteiger partial charge in [0.25, 0.3) is 5.91 Å². The molecule has 0 saturated carbocycles. The summed E-state index contributed by atoms with van der Waals surface area (Å²) in [6, 6.07) is 25.0. The van der Waals surface area contributed by atoms with Crippen molar-refractivity contribution in [3.05, 3.63) is 102 Å². The Labute approximate surface area is 208 Å². The van der Waals surface area contributed by atoms with E-state index in [2.05, 4.69) is 10.4 Å². The Balaban J connectivity index is 1.24. The Morgan fingerprint density at radius 2 is 1.50 bits per heavy atom. The van der Waals surface area contributed by atoms with Gasteiger partial charge in [0, 0.05) is 24.0 Å². The van der Waals surface area contributed by atoms with E-state index in [1.54, 1.807) is 48.5 Å². The van der Waals surface area contributed by atoms with Crippen molar-refractivity contribution >= 4 is 35.0 Å². The fourth-order valence-corrected chi connectivity index (χ4v) is 3.75. The number of carbonyl (C=O) groups is 4. The van der Waals surface area contributed by atoms with E-state index in [4.69, 9.17) is 4.74 Å². The second-order valence-electron chi connectivity index (χ2n) is 8.13. The van der Waals surface area contributed by atoms with Crippen molar-refractivity contribution in [1.29, 1.82) is 0 Å². The number of nitrogens with zero attached hydrogens (tertiary/aromatic N) is 2. The summed E-state index contributed by atoms with van der Waals surface area (Å²) in [6.07, 6.45) is 0.414. The highest BCUT2D eigenvalue weighted by Crippen LogP contribution is 2.19. The maximum absolute atomic E-state index is 12.8. The van der Waals surface area contributed by atoms with Crippen LogP contribution in [0.2, 0.25) is 0 Å². The summed E-state index contributed by atoms with van der Waals surface area (Å²) in [5, 5.41) is 8.34. The van der Waals surface area contributed by atoms with Crippen LogP contribution < -0.4 is 5.32 Å². The Bertz CT molecular complexity index is 1290. The number of hydrogen-bond acceptors (Lipinski definition) is 6. The van der Waals surface area contributed by atoms with Gasteiger partial charge in [0.2, 0.25) is 5.91 Å². The fourth-order valence-electron chi connectivity index (χ4n) is 3.75. The van der Waals surface area contributed by atoms with E-state index in [0.29, 0.717) is 29.8 Å². The van der Waals surface area contributed by atoms with Crippen molar-refractivity contribution < 1.29 is 23.9 Å². The topological polar surface area (TPSA) is 105 Å². The third kappa shape index (κ3) is 6.29. The Morgan fingerprint density at radius 1 is 0.833 bits per heavy atom. The number of para-hydroxylation sites is 1. The highest BCUT2D eigenvalue weighted by molar-refractivity contribution is 6.14. The number of hydrazone groups is 1. The average Bonchev–Trinajstić information content (AvgIpc) is 3.42. The first-order valence-electron chi connectivity index (χ1n) is 11.6. The van der Waals surface area contributed by atoms with Crippen LogP contribution in [0.5, 0.6) is 0 Å². The SMILES string of the molecule is O=C(COC(=O)CCC(=O)N1CCC(c2ccccc2)=N1)Nc1ccccc1C(=O)c1ccccc1. The standard InChI is InChI=1S/C28H25N3O5/c32-25(29-24-14-8-7-13-22(24)28(35)21-11-5-2-6-12-21)19-36-27(34)16-15-26(33)31-18-17-23(30-31)20-9-3-1-4-10-20/h1-14H,15-19H2,(H,29,32). The number of hydrogen-bond donors (Lipinski definition) is 1.